The van der Waals surface area contributed by atoms with Gasteiger partial charge in [0.25, 0.3) is 0 Å². The molecule has 0 aromatic heterocycles. The molecule has 0 spiro atoms. The summed E-state index contributed by atoms with van der Waals surface area (Å²) in [5, 5.41) is 12.4. The molecule has 112 valence electrons. The van der Waals surface area contributed by atoms with Crippen molar-refractivity contribution < 1.29 is 24.2 Å². The first kappa shape index (κ1) is 17.7. The summed E-state index contributed by atoms with van der Waals surface area (Å²) in [4.78, 5) is 23.1. The van der Waals surface area contributed by atoms with E-state index in [-0.39, 0.29) is 5.92 Å². The van der Waals surface area contributed by atoms with Crippen molar-refractivity contribution in [1.82, 2.24) is 5.32 Å². The van der Waals surface area contributed by atoms with Gasteiger partial charge in [-0.15, -0.1) is 0 Å². The normalized spacial score (nSPS) is 16.2. The monoisotopic (exact) mass is 275 g/mol. The van der Waals surface area contributed by atoms with Crippen LogP contribution in [0.3, 0.4) is 0 Å². The lowest BCUT2D eigenvalue weighted by Gasteiger charge is -2.29. The first-order valence-corrected chi connectivity index (χ1v) is 6.37. The second-order valence-electron chi connectivity index (χ2n) is 5.53. The third-order valence-corrected chi connectivity index (χ3v) is 2.72. The van der Waals surface area contributed by atoms with E-state index >= 15 is 0 Å². The summed E-state index contributed by atoms with van der Waals surface area (Å²) in [5.74, 6) is -0.872. The van der Waals surface area contributed by atoms with Gasteiger partial charge in [-0.1, -0.05) is 20.3 Å². The number of carbonyl (C=O) groups excluding carboxylic acids is 2. The first-order valence-electron chi connectivity index (χ1n) is 6.37. The van der Waals surface area contributed by atoms with Crippen LogP contribution >= 0.6 is 0 Å². The molecule has 3 atom stereocenters. The number of esters is 1. The largest absolute Gasteiger partial charge is 0.467 e. The molecule has 6 nitrogen and oxygen atoms in total. The number of aliphatic hydroxyl groups is 1. The highest BCUT2D eigenvalue weighted by Crippen LogP contribution is 2.14. The Kier molecular flexibility index (Phi) is 6.83. The van der Waals surface area contributed by atoms with Gasteiger partial charge in [0, 0.05) is 0 Å². The van der Waals surface area contributed by atoms with Gasteiger partial charge < -0.3 is 19.9 Å². The number of alkyl carbamates (subject to hydrolysis) is 1. The molecule has 0 saturated carbocycles. The van der Waals surface area contributed by atoms with Gasteiger partial charge in [0.15, 0.2) is 6.10 Å². The number of rotatable bonds is 5. The van der Waals surface area contributed by atoms with Gasteiger partial charge in [-0.25, -0.2) is 9.59 Å². The van der Waals surface area contributed by atoms with E-state index in [2.05, 4.69) is 10.1 Å². The lowest BCUT2D eigenvalue weighted by Crippen LogP contribution is -2.51. The average molecular weight is 275 g/mol. The summed E-state index contributed by atoms with van der Waals surface area (Å²) in [6.45, 7) is 8.94. The minimum atomic E-state index is -1.41. The Morgan fingerprint density at radius 2 is 1.84 bits per heavy atom. The SMILES string of the molecule is CC[C@H](C)[C@H](NC(=O)OC(C)(C)C)[C@H](O)C(=O)OC. The van der Waals surface area contributed by atoms with E-state index in [9.17, 15) is 14.7 Å². The molecule has 0 heterocycles. The van der Waals surface area contributed by atoms with Gasteiger partial charge in [-0.2, -0.15) is 0 Å². The summed E-state index contributed by atoms with van der Waals surface area (Å²) in [5.41, 5.74) is -0.639. The van der Waals surface area contributed by atoms with Crippen molar-refractivity contribution in [1.29, 1.82) is 0 Å². The van der Waals surface area contributed by atoms with Gasteiger partial charge >= 0.3 is 12.1 Å². The minimum absolute atomic E-state index is 0.0957. The lowest BCUT2D eigenvalue weighted by molar-refractivity contribution is -0.152. The molecule has 0 rings (SSSR count). The maximum absolute atomic E-state index is 11.7. The third-order valence-electron chi connectivity index (χ3n) is 2.72. The topological polar surface area (TPSA) is 84.9 Å². The molecule has 19 heavy (non-hydrogen) atoms. The Morgan fingerprint density at radius 3 is 2.21 bits per heavy atom. The van der Waals surface area contributed by atoms with E-state index in [0.29, 0.717) is 6.42 Å². The van der Waals surface area contributed by atoms with Crippen molar-refractivity contribution in [2.75, 3.05) is 7.11 Å². The van der Waals surface area contributed by atoms with Crippen LogP contribution in [-0.4, -0.2) is 42.0 Å². The number of aliphatic hydroxyl groups excluding tert-OH is 1. The minimum Gasteiger partial charge on any atom is -0.467 e. The Morgan fingerprint density at radius 1 is 1.32 bits per heavy atom. The summed E-state index contributed by atoms with van der Waals surface area (Å²) in [6.07, 6.45) is -1.39. The Balaban J connectivity index is 4.78. The fraction of sp³-hybridized carbons (Fsp3) is 0.846. The highest BCUT2D eigenvalue weighted by molar-refractivity contribution is 5.77. The highest BCUT2D eigenvalue weighted by Gasteiger charge is 2.33. The van der Waals surface area contributed by atoms with Crippen LogP contribution in [0.15, 0.2) is 0 Å². The molecule has 6 heteroatoms. The molecule has 0 fully saturated rings. The molecule has 0 bridgehead atoms. The van der Waals surface area contributed by atoms with Crippen molar-refractivity contribution in [2.45, 2.75) is 58.8 Å². The van der Waals surface area contributed by atoms with Crippen molar-refractivity contribution in [3.63, 3.8) is 0 Å². The first-order chi connectivity index (χ1) is 8.62. The zero-order chi connectivity index (χ0) is 15.2. The van der Waals surface area contributed by atoms with Crippen LogP contribution in [0.5, 0.6) is 0 Å². The van der Waals surface area contributed by atoms with E-state index in [1.807, 2.05) is 13.8 Å². The molecule has 1 amide bonds. The number of hydrogen-bond acceptors (Lipinski definition) is 5. The van der Waals surface area contributed by atoms with E-state index in [1.165, 1.54) is 7.11 Å². The molecule has 0 aliphatic heterocycles. The van der Waals surface area contributed by atoms with E-state index in [0.717, 1.165) is 0 Å². The molecular weight excluding hydrogens is 250 g/mol. The Labute approximate surface area is 114 Å². The molecular formula is C13H25NO5. The fourth-order valence-electron chi connectivity index (χ4n) is 1.50. The van der Waals surface area contributed by atoms with Gasteiger partial charge in [-0.05, 0) is 26.7 Å². The van der Waals surface area contributed by atoms with Crippen LogP contribution in [0.2, 0.25) is 0 Å². The maximum Gasteiger partial charge on any atom is 0.407 e. The van der Waals surface area contributed by atoms with Crippen LogP contribution in [0, 0.1) is 5.92 Å². The second kappa shape index (κ2) is 7.33. The smallest absolute Gasteiger partial charge is 0.407 e. The lowest BCUT2D eigenvalue weighted by atomic mass is 9.94. The zero-order valence-electron chi connectivity index (χ0n) is 12.5. The Hall–Kier alpha value is -1.30. The standard InChI is InChI=1S/C13H25NO5/c1-7-8(2)9(10(15)11(16)18-6)14-12(17)19-13(3,4)5/h8-10,15H,7H2,1-6H3,(H,14,17)/t8-,9-,10-/m0/s1. The number of methoxy groups -OCH3 is 1. The summed E-state index contributed by atoms with van der Waals surface area (Å²) >= 11 is 0. The van der Waals surface area contributed by atoms with E-state index in [1.54, 1.807) is 20.8 Å². The van der Waals surface area contributed by atoms with Crippen LogP contribution in [0.4, 0.5) is 4.79 Å². The van der Waals surface area contributed by atoms with Crippen LogP contribution < -0.4 is 5.32 Å². The second-order valence-corrected chi connectivity index (χ2v) is 5.53. The predicted molar refractivity (Wildman–Crippen MR) is 70.6 cm³/mol. The summed E-state index contributed by atoms with van der Waals surface area (Å²) in [6, 6.07) is -0.743. The van der Waals surface area contributed by atoms with Gasteiger partial charge in [0.1, 0.15) is 5.60 Å². The number of ether oxygens (including phenoxy) is 2. The van der Waals surface area contributed by atoms with Crippen molar-refractivity contribution >= 4 is 12.1 Å². The van der Waals surface area contributed by atoms with Crippen molar-refractivity contribution in [3.05, 3.63) is 0 Å². The number of amides is 1. The molecule has 0 aliphatic rings. The predicted octanol–water partition coefficient (Wildman–Crippen LogP) is 1.46. The van der Waals surface area contributed by atoms with Crippen LogP contribution in [0.25, 0.3) is 0 Å². The molecule has 2 N–H and O–H groups in total. The molecule has 0 saturated heterocycles. The van der Waals surface area contributed by atoms with Crippen molar-refractivity contribution in [2.24, 2.45) is 5.92 Å². The van der Waals surface area contributed by atoms with Crippen molar-refractivity contribution in [3.8, 4) is 0 Å². The van der Waals surface area contributed by atoms with Gasteiger partial charge in [-0.3, -0.25) is 0 Å². The van der Waals surface area contributed by atoms with E-state index < -0.39 is 29.8 Å². The average Bonchev–Trinajstić information content (AvgIpc) is 2.30. The quantitative estimate of drug-likeness (QED) is 0.742. The third kappa shape index (κ3) is 6.42. The van der Waals surface area contributed by atoms with Gasteiger partial charge in [0.2, 0.25) is 0 Å². The molecule has 0 unspecified atom stereocenters. The fourth-order valence-corrected chi connectivity index (χ4v) is 1.50. The molecule has 0 aromatic carbocycles. The maximum atomic E-state index is 11.7. The number of carbonyl (C=O) groups is 2. The zero-order valence-corrected chi connectivity index (χ0v) is 12.5. The molecule has 0 aromatic rings. The van der Waals surface area contributed by atoms with E-state index in [4.69, 9.17) is 4.74 Å². The molecule has 0 aliphatic carbocycles. The highest BCUT2D eigenvalue weighted by atomic mass is 16.6. The van der Waals surface area contributed by atoms with Crippen LogP contribution in [-0.2, 0) is 14.3 Å². The summed E-state index contributed by atoms with van der Waals surface area (Å²) in [7, 11) is 1.19. The number of hydrogen-bond donors (Lipinski definition) is 2. The molecule has 0 radical (unpaired) electrons. The van der Waals surface area contributed by atoms with Crippen LogP contribution in [0.1, 0.15) is 41.0 Å². The Bertz CT molecular complexity index is 311. The number of nitrogens with one attached hydrogen (secondary N) is 1. The van der Waals surface area contributed by atoms with Gasteiger partial charge in [0.05, 0.1) is 13.2 Å². The summed E-state index contributed by atoms with van der Waals surface area (Å²) < 4.78 is 9.60.